The second-order valence-electron chi connectivity index (χ2n) is 7.61. The van der Waals surface area contributed by atoms with E-state index in [9.17, 15) is 44.7 Å². The highest BCUT2D eigenvalue weighted by Gasteiger charge is 2.25. The molecule has 0 aromatic heterocycles. The second-order valence-corrected chi connectivity index (χ2v) is 7.61. The molecule has 2 atom stereocenters. The SMILES string of the molecule is CCC[C@H](NC(=O)c1cccc(O)c1O)C(=O)NCC[C@H](NC(=O)c1cccc(O)c1O)C(=O)O. The summed E-state index contributed by atoms with van der Waals surface area (Å²) in [4.78, 5) is 48.9. The molecule has 0 saturated heterocycles. The third-order valence-electron chi connectivity index (χ3n) is 5.05. The van der Waals surface area contributed by atoms with Gasteiger partial charge in [0, 0.05) is 6.54 Å². The number of phenolic OH excluding ortho intramolecular Hbond substituents is 4. The van der Waals surface area contributed by atoms with Gasteiger partial charge in [0.25, 0.3) is 11.8 Å². The predicted octanol–water partition coefficient (Wildman–Crippen LogP) is 0.797. The van der Waals surface area contributed by atoms with Crippen LogP contribution in [0.1, 0.15) is 46.9 Å². The van der Waals surface area contributed by atoms with Crippen molar-refractivity contribution < 1.29 is 44.7 Å². The lowest BCUT2D eigenvalue weighted by molar-refractivity contribution is -0.139. The number of benzene rings is 2. The number of amides is 3. The van der Waals surface area contributed by atoms with Crippen molar-refractivity contribution in [3.8, 4) is 23.0 Å². The van der Waals surface area contributed by atoms with Crippen LogP contribution in [0.4, 0.5) is 0 Å². The maximum atomic E-state index is 12.6. The number of phenols is 4. The van der Waals surface area contributed by atoms with Crippen molar-refractivity contribution in [3.05, 3.63) is 47.5 Å². The lowest BCUT2D eigenvalue weighted by Crippen LogP contribution is -2.48. The van der Waals surface area contributed by atoms with Crippen molar-refractivity contribution >= 4 is 23.7 Å². The molecule has 0 aliphatic heterocycles. The lowest BCUT2D eigenvalue weighted by Gasteiger charge is -2.20. The largest absolute Gasteiger partial charge is 0.504 e. The predicted molar refractivity (Wildman–Crippen MR) is 122 cm³/mol. The fraction of sp³-hybridized carbons (Fsp3) is 0.304. The zero-order valence-electron chi connectivity index (χ0n) is 18.8. The van der Waals surface area contributed by atoms with Gasteiger partial charge in [-0.2, -0.15) is 0 Å². The van der Waals surface area contributed by atoms with Crippen LogP contribution >= 0.6 is 0 Å². The molecular formula is C23H27N3O9. The van der Waals surface area contributed by atoms with E-state index in [-0.39, 0.29) is 30.5 Å². The quantitative estimate of drug-likeness (QED) is 0.210. The van der Waals surface area contributed by atoms with Gasteiger partial charge in [0.1, 0.15) is 12.1 Å². The van der Waals surface area contributed by atoms with Crippen LogP contribution in [0.3, 0.4) is 0 Å². The van der Waals surface area contributed by atoms with E-state index in [1.54, 1.807) is 6.92 Å². The smallest absolute Gasteiger partial charge is 0.326 e. The highest BCUT2D eigenvalue weighted by atomic mass is 16.4. The molecule has 0 unspecified atom stereocenters. The van der Waals surface area contributed by atoms with Gasteiger partial charge in [0.15, 0.2) is 23.0 Å². The van der Waals surface area contributed by atoms with Crippen molar-refractivity contribution in [1.82, 2.24) is 16.0 Å². The Hall–Kier alpha value is -4.48. The van der Waals surface area contributed by atoms with Gasteiger partial charge in [-0.3, -0.25) is 14.4 Å². The molecule has 3 amide bonds. The molecule has 8 N–H and O–H groups in total. The summed E-state index contributed by atoms with van der Waals surface area (Å²) in [5, 5.41) is 55.3. The van der Waals surface area contributed by atoms with E-state index in [2.05, 4.69) is 16.0 Å². The van der Waals surface area contributed by atoms with Crippen molar-refractivity contribution in [1.29, 1.82) is 0 Å². The summed E-state index contributed by atoms with van der Waals surface area (Å²) in [5.74, 6) is -6.06. The summed E-state index contributed by atoms with van der Waals surface area (Å²) >= 11 is 0. The van der Waals surface area contributed by atoms with Gasteiger partial charge in [0.2, 0.25) is 5.91 Å². The maximum Gasteiger partial charge on any atom is 0.326 e. The number of hydrogen-bond donors (Lipinski definition) is 8. The van der Waals surface area contributed by atoms with E-state index in [0.717, 1.165) is 6.07 Å². The van der Waals surface area contributed by atoms with Crippen LogP contribution in [0.2, 0.25) is 0 Å². The number of rotatable bonds is 11. The number of aliphatic carboxylic acids is 1. The molecule has 12 nitrogen and oxygen atoms in total. The zero-order chi connectivity index (χ0) is 26.1. The summed E-state index contributed by atoms with van der Waals surface area (Å²) in [6.45, 7) is 1.61. The Bertz CT molecular complexity index is 1100. The molecule has 0 saturated carbocycles. The first kappa shape index (κ1) is 26.8. The number of nitrogens with one attached hydrogen (secondary N) is 3. The lowest BCUT2D eigenvalue weighted by atomic mass is 10.1. The molecule has 2 rings (SSSR count). The van der Waals surface area contributed by atoms with Crippen LogP contribution in [0.25, 0.3) is 0 Å². The Labute approximate surface area is 200 Å². The third kappa shape index (κ3) is 7.00. The van der Waals surface area contributed by atoms with Crippen LogP contribution in [0, 0.1) is 0 Å². The van der Waals surface area contributed by atoms with E-state index in [1.165, 1.54) is 30.3 Å². The van der Waals surface area contributed by atoms with Gasteiger partial charge in [0.05, 0.1) is 11.1 Å². The molecule has 188 valence electrons. The van der Waals surface area contributed by atoms with Gasteiger partial charge in [-0.25, -0.2) is 4.79 Å². The van der Waals surface area contributed by atoms with Crippen LogP contribution < -0.4 is 16.0 Å². The van der Waals surface area contributed by atoms with E-state index >= 15 is 0 Å². The van der Waals surface area contributed by atoms with Gasteiger partial charge in [-0.1, -0.05) is 25.5 Å². The average Bonchev–Trinajstić information content (AvgIpc) is 2.81. The van der Waals surface area contributed by atoms with Crippen molar-refractivity contribution in [2.45, 2.75) is 38.3 Å². The minimum atomic E-state index is -1.42. The number of hydrogen-bond acceptors (Lipinski definition) is 8. The third-order valence-corrected chi connectivity index (χ3v) is 5.05. The molecule has 0 aliphatic rings. The number of carboxylic acid groups (broad SMARTS) is 1. The van der Waals surface area contributed by atoms with E-state index in [4.69, 9.17) is 0 Å². The van der Waals surface area contributed by atoms with Crippen LogP contribution in [-0.2, 0) is 9.59 Å². The molecule has 2 aromatic carbocycles. The van der Waals surface area contributed by atoms with Crippen LogP contribution in [0.15, 0.2) is 36.4 Å². The highest BCUT2D eigenvalue weighted by Crippen LogP contribution is 2.29. The number of para-hydroxylation sites is 2. The summed E-state index contributed by atoms with van der Waals surface area (Å²) in [5.41, 5.74) is -0.538. The topological polar surface area (TPSA) is 206 Å². The first-order chi connectivity index (χ1) is 16.6. The fourth-order valence-electron chi connectivity index (χ4n) is 3.18. The minimum Gasteiger partial charge on any atom is -0.504 e. The Balaban J connectivity index is 1.98. The second kappa shape index (κ2) is 12.1. The summed E-state index contributed by atoms with van der Waals surface area (Å²) in [6, 6.07) is 5.06. The molecule has 0 aliphatic carbocycles. The number of carboxylic acids is 1. The maximum absolute atomic E-state index is 12.6. The summed E-state index contributed by atoms with van der Waals surface area (Å²) in [7, 11) is 0. The van der Waals surface area contributed by atoms with Crippen molar-refractivity contribution in [3.63, 3.8) is 0 Å². The van der Waals surface area contributed by atoms with Crippen LogP contribution in [0.5, 0.6) is 23.0 Å². The van der Waals surface area contributed by atoms with E-state index in [0.29, 0.717) is 6.42 Å². The van der Waals surface area contributed by atoms with Gasteiger partial charge < -0.3 is 41.5 Å². The Kier molecular flexibility index (Phi) is 9.27. The Morgan fingerprint density at radius 1 is 0.771 bits per heavy atom. The average molecular weight is 489 g/mol. The van der Waals surface area contributed by atoms with Gasteiger partial charge in [-0.15, -0.1) is 0 Å². The number of aromatic hydroxyl groups is 4. The Morgan fingerprint density at radius 2 is 1.26 bits per heavy atom. The molecular weight excluding hydrogens is 462 g/mol. The normalized spacial score (nSPS) is 12.3. The highest BCUT2D eigenvalue weighted by molar-refractivity contribution is 6.00. The van der Waals surface area contributed by atoms with E-state index in [1.807, 2.05) is 0 Å². The first-order valence-corrected chi connectivity index (χ1v) is 10.7. The van der Waals surface area contributed by atoms with Crippen molar-refractivity contribution in [2.75, 3.05) is 6.54 Å². The van der Waals surface area contributed by atoms with Gasteiger partial charge >= 0.3 is 5.97 Å². The summed E-state index contributed by atoms with van der Waals surface area (Å²) < 4.78 is 0. The van der Waals surface area contributed by atoms with E-state index < -0.39 is 58.8 Å². The van der Waals surface area contributed by atoms with Crippen LogP contribution in [-0.4, -0.2) is 67.9 Å². The number of carbonyl (C=O) groups is 4. The molecule has 0 radical (unpaired) electrons. The molecule has 0 spiro atoms. The molecule has 12 heteroatoms. The number of carbonyl (C=O) groups excluding carboxylic acids is 3. The molecule has 0 bridgehead atoms. The monoisotopic (exact) mass is 489 g/mol. The molecule has 2 aromatic rings. The zero-order valence-corrected chi connectivity index (χ0v) is 18.8. The fourth-order valence-corrected chi connectivity index (χ4v) is 3.18. The standard InChI is InChI=1S/C23H27N3O9/c1-2-5-14(25-20(31)12-6-3-8-16(27)18(12)29)22(33)24-11-10-15(23(34)35)26-21(32)13-7-4-9-17(28)19(13)30/h3-4,6-9,14-15,27-30H,2,5,10-11H2,1H3,(H,24,33)(H,25,31)(H,26,32)(H,34,35)/t14-,15-/m0/s1. The first-order valence-electron chi connectivity index (χ1n) is 10.7. The summed E-state index contributed by atoms with van der Waals surface area (Å²) in [6.07, 6.45) is 0.547. The molecule has 35 heavy (non-hydrogen) atoms. The Morgan fingerprint density at radius 3 is 1.71 bits per heavy atom. The minimum absolute atomic E-state index is 0.171. The van der Waals surface area contributed by atoms with Gasteiger partial charge in [-0.05, 0) is 37.1 Å². The molecule has 0 heterocycles. The molecule has 0 fully saturated rings. The van der Waals surface area contributed by atoms with Crippen molar-refractivity contribution in [2.24, 2.45) is 0 Å².